The van der Waals surface area contributed by atoms with Crippen LogP contribution in [0.25, 0.3) is 5.65 Å². The molecule has 1 saturated heterocycles. The monoisotopic (exact) mass is 322 g/mol. The summed E-state index contributed by atoms with van der Waals surface area (Å²) in [5, 5.41) is 3.39. The van der Waals surface area contributed by atoms with Gasteiger partial charge in [0.05, 0.1) is 18.5 Å². The highest BCUT2D eigenvalue weighted by Gasteiger charge is 2.11. The van der Waals surface area contributed by atoms with Gasteiger partial charge in [-0.3, -0.25) is 0 Å². The first-order valence-electron chi connectivity index (χ1n) is 8.38. The second kappa shape index (κ2) is 6.53. The summed E-state index contributed by atoms with van der Waals surface area (Å²) >= 11 is 0. The highest BCUT2D eigenvalue weighted by Crippen LogP contribution is 2.19. The molecule has 0 atom stereocenters. The van der Waals surface area contributed by atoms with Crippen molar-refractivity contribution < 1.29 is 4.74 Å². The molecule has 1 aliphatic heterocycles. The van der Waals surface area contributed by atoms with Crippen LogP contribution in [0.3, 0.4) is 0 Å². The van der Waals surface area contributed by atoms with Crippen LogP contribution < -0.4 is 15.0 Å². The molecule has 0 bridgehead atoms. The van der Waals surface area contributed by atoms with Gasteiger partial charge < -0.3 is 19.4 Å². The number of ether oxygens (including phenoxy) is 1. The third kappa shape index (κ3) is 3.08. The number of hydrogen-bond donors (Lipinski definition) is 1. The smallest absolute Gasteiger partial charge is 0.137 e. The lowest BCUT2D eigenvalue weighted by molar-refractivity contribution is 0.414. The maximum atomic E-state index is 5.21. The van der Waals surface area contributed by atoms with E-state index in [1.54, 1.807) is 7.11 Å². The Kier molecular flexibility index (Phi) is 4.09. The second-order valence-electron chi connectivity index (χ2n) is 6.15. The molecule has 5 nitrogen and oxygen atoms in total. The first-order chi connectivity index (χ1) is 11.8. The van der Waals surface area contributed by atoms with Gasteiger partial charge in [-0.05, 0) is 29.8 Å². The van der Waals surface area contributed by atoms with Crippen molar-refractivity contribution in [3.63, 3.8) is 0 Å². The van der Waals surface area contributed by atoms with E-state index in [-0.39, 0.29) is 0 Å². The van der Waals surface area contributed by atoms with Gasteiger partial charge >= 0.3 is 0 Å². The summed E-state index contributed by atoms with van der Waals surface area (Å²) in [6.07, 6.45) is 5.14. The summed E-state index contributed by atoms with van der Waals surface area (Å²) in [7, 11) is 1.69. The predicted molar refractivity (Wildman–Crippen MR) is 96.1 cm³/mol. The molecular formula is C19H22N4O. The van der Waals surface area contributed by atoms with Gasteiger partial charge in [0.15, 0.2) is 0 Å². The van der Waals surface area contributed by atoms with E-state index in [0.29, 0.717) is 0 Å². The topological polar surface area (TPSA) is 41.8 Å². The molecule has 1 N–H and O–H groups in total. The highest BCUT2D eigenvalue weighted by atomic mass is 16.5. The first-order valence-corrected chi connectivity index (χ1v) is 8.38. The summed E-state index contributed by atoms with van der Waals surface area (Å²) < 4.78 is 7.34. The number of nitrogens with zero attached hydrogens (tertiary/aromatic N) is 3. The van der Waals surface area contributed by atoms with Gasteiger partial charge in [0, 0.05) is 45.0 Å². The van der Waals surface area contributed by atoms with Crippen LogP contribution in [0.5, 0.6) is 5.75 Å². The van der Waals surface area contributed by atoms with Crippen LogP contribution in [0, 0.1) is 0 Å². The molecule has 0 spiro atoms. The molecule has 0 saturated carbocycles. The fourth-order valence-corrected chi connectivity index (χ4v) is 3.18. The summed E-state index contributed by atoms with van der Waals surface area (Å²) in [6.45, 7) is 4.20. The van der Waals surface area contributed by atoms with E-state index in [9.17, 15) is 0 Å². The van der Waals surface area contributed by atoms with Crippen molar-refractivity contribution in [3.05, 3.63) is 60.0 Å². The van der Waals surface area contributed by atoms with Crippen molar-refractivity contribution in [1.29, 1.82) is 0 Å². The van der Waals surface area contributed by atoms with E-state index in [0.717, 1.165) is 49.7 Å². The van der Waals surface area contributed by atoms with Crippen LogP contribution in [-0.2, 0) is 6.42 Å². The number of piperazine rings is 1. The van der Waals surface area contributed by atoms with Gasteiger partial charge in [-0.15, -0.1) is 0 Å². The first kappa shape index (κ1) is 15.0. The molecule has 3 heterocycles. The lowest BCUT2D eigenvalue weighted by Crippen LogP contribution is -2.43. The number of rotatable bonds is 4. The van der Waals surface area contributed by atoms with Crippen LogP contribution in [-0.4, -0.2) is 42.7 Å². The molecule has 24 heavy (non-hydrogen) atoms. The number of benzene rings is 1. The largest absolute Gasteiger partial charge is 0.497 e. The van der Waals surface area contributed by atoms with Gasteiger partial charge in [0.25, 0.3) is 0 Å². The molecule has 3 aromatic rings. The lowest BCUT2D eigenvalue weighted by Gasteiger charge is -2.29. The number of nitrogens with one attached hydrogen (secondary N) is 1. The average Bonchev–Trinajstić information content (AvgIpc) is 3.04. The van der Waals surface area contributed by atoms with E-state index in [2.05, 4.69) is 51.3 Å². The summed E-state index contributed by atoms with van der Waals surface area (Å²) in [5.74, 6) is 0.884. The van der Waals surface area contributed by atoms with Crippen molar-refractivity contribution in [2.75, 3.05) is 38.2 Å². The molecule has 0 radical (unpaired) electrons. The third-order valence-corrected chi connectivity index (χ3v) is 4.51. The van der Waals surface area contributed by atoms with E-state index in [4.69, 9.17) is 9.72 Å². The molecule has 0 unspecified atom stereocenters. The molecule has 1 aromatic carbocycles. The number of imidazole rings is 1. The second-order valence-corrected chi connectivity index (χ2v) is 6.15. The number of hydrogen-bond acceptors (Lipinski definition) is 4. The van der Waals surface area contributed by atoms with Crippen molar-refractivity contribution in [1.82, 2.24) is 14.7 Å². The molecule has 124 valence electrons. The predicted octanol–water partition coefficient (Wildman–Crippen LogP) is 2.34. The molecular weight excluding hydrogens is 300 g/mol. The van der Waals surface area contributed by atoms with E-state index in [1.165, 1.54) is 11.3 Å². The maximum Gasteiger partial charge on any atom is 0.137 e. The Morgan fingerprint density at radius 2 is 1.83 bits per heavy atom. The van der Waals surface area contributed by atoms with Gasteiger partial charge in [-0.25, -0.2) is 4.98 Å². The quantitative estimate of drug-likeness (QED) is 0.800. The van der Waals surface area contributed by atoms with Crippen LogP contribution in [0.2, 0.25) is 0 Å². The Morgan fingerprint density at radius 3 is 2.58 bits per heavy atom. The maximum absolute atomic E-state index is 5.21. The normalized spacial score (nSPS) is 15.0. The van der Waals surface area contributed by atoms with Gasteiger partial charge in [0.2, 0.25) is 0 Å². The van der Waals surface area contributed by atoms with E-state index >= 15 is 0 Å². The fraction of sp³-hybridized carbons (Fsp3) is 0.316. The number of aromatic nitrogens is 2. The number of methoxy groups -OCH3 is 1. The summed E-state index contributed by atoms with van der Waals surface area (Å²) in [5.41, 5.74) is 4.58. The van der Waals surface area contributed by atoms with Crippen LogP contribution in [0.4, 0.5) is 5.69 Å². The highest BCUT2D eigenvalue weighted by molar-refractivity contribution is 5.53. The molecule has 0 aliphatic carbocycles. The Morgan fingerprint density at radius 1 is 1.04 bits per heavy atom. The third-order valence-electron chi connectivity index (χ3n) is 4.51. The van der Waals surface area contributed by atoms with Gasteiger partial charge in [0.1, 0.15) is 11.4 Å². The summed E-state index contributed by atoms with van der Waals surface area (Å²) in [6, 6.07) is 12.4. The Bertz CT molecular complexity index is 819. The zero-order valence-electron chi connectivity index (χ0n) is 13.9. The van der Waals surface area contributed by atoms with E-state index in [1.807, 2.05) is 12.1 Å². The van der Waals surface area contributed by atoms with Gasteiger partial charge in [-0.2, -0.15) is 0 Å². The minimum atomic E-state index is 0.828. The van der Waals surface area contributed by atoms with Crippen molar-refractivity contribution in [2.45, 2.75) is 6.42 Å². The Labute approximate surface area is 141 Å². The zero-order valence-corrected chi connectivity index (χ0v) is 13.9. The van der Waals surface area contributed by atoms with Crippen molar-refractivity contribution in [3.8, 4) is 5.75 Å². The standard InChI is InChI=1S/C19H22N4O/c1-24-18-5-2-15(3-6-18)12-16-13-23-14-17(4-7-19(23)21-16)22-10-8-20-9-11-22/h2-7,13-14,20H,8-12H2,1H3. The SMILES string of the molecule is COc1ccc(Cc2cn3cc(N4CCNCC4)ccc3n2)cc1. The van der Waals surface area contributed by atoms with Crippen molar-refractivity contribution >= 4 is 11.3 Å². The number of anilines is 1. The molecule has 5 heteroatoms. The van der Waals surface area contributed by atoms with Crippen LogP contribution in [0.1, 0.15) is 11.3 Å². The zero-order chi connectivity index (χ0) is 16.4. The molecule has 4 rings (SSSR count). The molecule has 2 aromatic heterocycles. The fourth-order valence-electron chi connectivity index (χ4n) is 3.18. The average molecular weight is 322 g/mol. The number of pyridine rings is 1. The number of fused-ring (bicyclic) bond motifs is 1. The molecule has 1 fully saturated rings. The summed E-state index contributed by atoms with van der Waals surface area (Å²) in [4.78, 5) is 7.15. The Balaban J connectivity index is 1.55. The minimum Gasteiger partial charge on any atom is -0.497 e. The van der Waals surface area contributed by atoms with Gasteiger partial charge in [-0.1, -0.05) is 12.1 Å². The molecule has 0 amide bonds. The molecule has 1 aliphatic rings. The van der Waals surface area contributed by atoms with Crippen LogP contribution >= 0.6 is 0 Å². The van der Waals surface area contributed by atoms with Crippen LogP contribution in [0.15, 0.2) is 48.8 Å². The van der Waals surface area contributed by atoms with Crippen molar-refractivity contribution in [2.24, 2.45) is 0 Å². The van der Waals surface area contributed by atoms with E-state index < -0.39 is 0 Å². The Hall–Kier alpha value is -2.53. The lowest BCUT2D eigenvalue weighted by atomic mass is 10.1. The minimum absolute atomic E-state index is 0.828.